The maximum absolute atomic E-state index is 10.5. The molecule has 24 heavy (non-hydrogen) atoms. The fraction of sp³-hybridized carbons (Fsp3) is 0.263. The molecule has 2 aromatic rings. The lowest BCUT2D eigenvalue weighted by Crippen LogP contribution is -3.61. The van der Waals surface area contributed by atoms with Gasteiger partial charge in [0.15, 0.2) is 7.14 Å². The number of rotatable bonds is 6. The summed E-state index contributed by atoms with van der Waals surface area (Å²) in [6, 6.07) is 21.4. The van der Waals surface area contributed by atoms with Crippen LogP contribution in [0.3, 0.4) is 0 Å². The van der Waals surface area contributed by atoms with Gasteiger partial charge in [0.25, 0.3) is 0 Å². The Hall–Kier alpha value is -1.89. The molecule has 0 bridgehead atoms. The van der Waals surface area contributed by atoms with E-state index in [1.807, 2.05) is 0 Å². The van der Waals surface area contributed by atoms with Crippen LogP contribution in [0.2, 0.25) is 0 Å². The van der Waals surface area contributed by atoms with Crippen molar-refractivity contribution in [1.82, 2.24) is 0 Å². The highest BCUT2D eigenvalue weighted by atomic mass is 127. The zero-order chi connectivity index (χ0) is 18.0. The molecule has 0 aliphatic rings. The van der Waals surface area contributed by atoms with Crippen molar-refractivity contribution in [2.75, 3.05) is 0 Å². The molecule has 0 unspecified atom stereocenters. The number of hydrogen-bond donors (Lipinski definition) is 1. The van der Waals surface area contributed by atoms with Crippen LogP contribution in [0.5, 0.6) is 0 Å². The van der Waals surface area contributed by atoms with E-state index in [1.165, 1.54) is 21.0 Å². The minimum atomic E-state index is -1.69. The minimum absolute atomic E-state index is 0.0287. The third-order valence-electron chi connectivity index (χ3n) is 3.69. The Morgan fingerprint density at radius 1 is 0.917 bits per heavy atom. The number of aliphatic carboxylic acids is 2. The maximum atomic E-state index is 10.5. The molecule has 2 aromatic carbocycles. The minimum Gasteiger partial charge on any atom is -0.549 e. The van der Waals surface area contributed by atoms with Gasteiger partial charge in [0.2, 0.25) is 0 Å². The first-order valence-electron chi connectivity index (χ1n) is 7.66. The van der Waals surface area contributed by atoms with Crippen molar-refractivity contribution in [2.24, 2.45) is 5.41 Å². The number of carboxylic acids is 2. The lowest BCUT2D eigenvalue weighted by molar-refractivity contribution is -0.597. The Labute approximate surface area is 152 Å². The Kier molecular flexibility index (Phi) is 8.46. The first-order chi connectivity index (χ1) is 11.5. The summed E-state index contributed by atoms with van der Waals surface area (Å²) in [6.07, 6.45) is 0.113. The SMILES string of the molecule is CCC(CC)(C(=O)[O-])C(=O)O.c1ccc([I+]c2ccccc2)cc1. The van der Waals surface area contributed by atoms with Crippen LogP contribution in [0.25, 0.3) is 0 Å². The molecule has 0 aliphatic carbocycles. The molecule has 128 valence electrons. The molecule has 0 saturated carbocycles. The van der Waals surface area contributed by atoms with E-state index in [9.17, 15) is 14.7 Å². The molecule has 0 fully saturated rings. The van der Waals surface area contributed by atoms with E-state index in [0.29, 0.717) is 0 Å². The fourth-order valence-corrected chi connectivity index (χ4v) is 4.28. The second-order valence-corrected chi connectivity index (χ2v) is 8.10. The van der Waals surface area contributed by atoms with Crippen LogP contribution >= 0.6 is 0 Å². The number of carbonyl (C=O) groups excluding carboxylic acids is 1. The van der Waals surface area contributed by atoms with E-state index in [2.05, 4.69) is 60.7 Å². The standard InChI is InChI=1S/C12H10I.C7H12O4/c1-3-7-11(8-4-1)13-12-9-5-2-6-10-12;1-3-7(4-2,5(8)9)6(10)11/h1-10H;3-4H2,1-2H3,(H,8,9)(H,10,11)/q+1;/p-1. The summed E-state index contributed by atoms with van der Waals surface area (Å²) in [6.45, 7) is 3.04. The molecule has 0 saturated heterocycles. The smallest absolute Gasteiger partial charge is 0.357 e. The fourth-order valence-electron chi connectivity index (χ4n) is 2.01. The maximum Gasteiger partial charge on any atom is 0.357 e. The third kappa shape index (κ3) is 5.63. The van der Waals surface area contributed by atoms with Crippen LogP contribution in [-0.2, 0) is 9.59 Å². The van der Waals surface area contributed by atoms with E-state index in [1.54, 1.807) is 0 Å². The molecule has 0 amide bonds. The Morgan fingerprint density at radius 2 is 1.29 bits per heavy atom. The van der Waals surface area contributed by atoms with Gasteiger partial charge in [-0.25, -0.2) is 0 Å². The zero-order valence-electron chi connectivity index (χ0n) is 13.7. The van der Waals surface area contributed by atoms with E-state index >= 15 is 0 Å². The van der Waals surface area contributed by atoms with E-state index in [4.69, 9.17) is 5.11 Å². The number of carboxylic acid groups (broad SMARTS) is 2. The van der Waals surface area contributed by atoms with Crippen LogP contribution in [0.15, 0.2) is 60.7 Å². The van der Waals surface area contributed by atoms with Gasteiger partial charge in [-0.05, 0) is 37.1 Å². The summed E-state index contributed by atoms with van der Waals surface area (Å²) >= 11 is 0.0287. The highest BCUT2D eigenvalue weighted by Gasteiger charge is 2.36. The average Bonchev–Trinajstić information content (AvgIpc) is 2.58. The second kappa shape index (κ2) is 10.1. The van der Waals surface area contributed by atoms with Crippen molar-refractivity contribution >= 4 is 11.9 Å². The Bertz CT molecular complexity index is 583. The van der Waals surface area contributed by atoms with Crippen molar-refractivity contribution in [3.05, 3.63) is 67.8 Å². The van der Waals surface area contributed by atoms with E-state index < -0.39 is 17.4 Å². The van der Waals surface area contributed by atoms with Crippen LogP contribution in [-0.4, -0.2) is 17.0 Å². The van der Waals surface area contributed by atoms with Crippen molar-refractivity contribution in [2.45, 2.75) is 26.7 Å². The van der Waals surface area contributed by atoms with Gasteiger partial charge in [-0.15, -0.1) is 0 Å². The average molecular weight is 440 g/mol. The first kappa shape index (κ1) is 20.2. The van der Waals surface area contributed by atoms with Crippen LogP contribution < -0.4 is 26.3 Å². The summed E-state index contributed by atoms with van der Waals surface area (Å²) in [7, 11) is 0. The molecule has 0 spiro atoms. The lowest BCUT2D eigenvalue weighted by atomic mass is 9.83. The van der Waals surface area contributed by atoms with Gasteiger partial charge in [0, 0.05) is 0 Å². The molecular formula is C19H21IO4. The summed E-state index contributed by atoms with van der Waals surface area (Å²) in [5.74, 6) is -2.82. The quantitative estimate of drug-likeness (QED) is 0.483. The van der Waals surface area contributed by atoms with Gasteiger partial charge in [-0.2, -0.15) is 0 Å². The lowest BCUT2D eigenvalue weighted by Gasteiger charge is -2.27. The van der Waals surface area contributed by atoms with Crippen molar-refractivity contribution in [3.8, 4) is 0 Å². The predicted molar refractivity (Wildman–Crippen MR) is 85.9 cm³/mol. The number of hydrogen-bond acceptors (Lipinski definition) is 3. The van der Waals surface area contributed by atoms with Gasteiger partial charge >= 0.3 is 27.2 Å². The molecular weight excluding hydrogens is 419 g/mol. The monoisotopic (exact) mass is 440 g/mol. The molecule has 5 heteroatoms. The Balaban J connectivity index is 0.000000245. The molecule has 2 rings (SSSR count). The Morgan fingerprint density at radius 3 is 1.50 bits per heavy atom. The predicted octanol–water partition coefficient (Wildman–Crippen LogP) is -0.558. The van der Waals surface area contributed by atoms with E-state index in [-0.39, 0.29) is 34.0 Å². The molecule has 0 atom stereocenters. The third-order valence-corrected chi connectivity index (χ3v) is 6.38. The number of benzene rings is 2. The summed E-state index contributed by atoms with van der Waals surface area (Å²) in [5.41, 5.74) is -1.69. The molecule has 0 aliphatic heterocycles. The zero-order valence-corrected chi connectivity index (χ0v) is 15.9. The summed E-state index contributed by atoms with van der Waals surface area (Å²) in [5, 5.41) is 19.0. The van der Waals surface area contributed by atoms with Gasteiger partial charge in [-0.3, -0.25) is 4.79 Å². The van der Waals surface area contributed by atoms with Crippen LogP contribution in [0.1, 0.15) is 26.7 Å². The number of halogens is 1. The first-order valence-corrected chi connectivity index (χ1v) is 9.81. The molecule has 0 heterocycles. The highest BCUT2D eigenvalue weighted by Crippen LogP contribution is 2.25. The molecule has 1 N–H and O–H groups in total. The van der Waals surface area contributed by atoms with Crippen molar-refractivity contribution in [3.63, 3.8) is 0 Å². The van der Waals surface area contributed by atoms with Crippen molar-refractivity contribution < 1.29 is 41.0 Å². The summed E-state index contributed by atoms with van der Waals surface area (Å²) < 4.78 is 2.96. The molecule has 0 aromatic heterocycles. The largest absolute Gasteiger partial charge is 0.549 e. The van der Waals surface area contributed by atoms with E-state index in [0.717, 1.165) is 0 Å². The normalized spacial score (nSPS) is 10.4. The highest BCUT2D eigenvalue weighted by molar-refractivity contribution is 5.97. The molecule has 0 radical (unpaired) electrons. The van der Waals surface area contributed by atoms with Crippen LogP contribution in [0.4, 0.5) is 0 Å². The number of carbonyl (C=O) groups is 2. The topological polar surface area (TPSA) is 77.4 Å². The van der Waals surface area contributed by atoms with Gasteiger partial charge < -0.3 is 15.0 Å². The van der Waals surface area contributed by atoms with Gasteiger partial charge in [0.05, 0.1) is 5.97 Å². The van der Waals surface area contributed by atoms with Gasteiger partial charge in [0.1, 0.15) is 5.41 Å². The van der Waals surface area contributed by atoms with Crippen LogP contribution in [0, 0.1) is 12.6 Å². The second-order valence-electron chi connectivity index (χ2n) is 5.07. The molecule has 4 nitrogen and oxygen atoms in total. The summed E-state index contributed by atoms with van der Waals surface area (Å²) in [4.78, 5) is 20.9. The van der Waals surface area contributed by atoms with Gasteiger partial charge in [-0.1, -0.05) is 50.2 Å². The van der Waals surface area contributed by atoms with Crippen molar-refractivity contribution in [1.29, 1.82) is 0 Å².